The smallest absolute Gasteiger partial charge is 0.227 e. The van der Waals surface area contributed by atoms with Crippen LogP contribution in [-0.2, 0) is 9.59 Å². The summed E-state index contributed by atoms with van der Waals surface area (Å²) in [4.78, 5) is 30.7. The lowest BCUT2D eigenvalue weighted by atomic mass is 9.93. The first-order valence-corrected chi connectivity index (χ1v) is 12.0. The molecule has 6 nitrogen and oxygen atoms in total. The topological polar surface area (TPSA) is 86.9 Å². The Labute approximate surface area is 200 Å². The predicted octanol–water partition coefficient (Wildman–Crippen LogP) is 6.46. The Morgan fingerprint density at radius 2 is 1.71 bits per heavy atom. The lowest BCUT2D eigenvalue weighted by Crippen LogP contribution is -2.23. The van der Waals surface area contributed by atoms with Gasteiger partial charge >= 0.3 is 0 Å². The summed E-state index contributed by atoms with van der Waals surface area (Å²) < 4.78 is 0. The number of hydrogen-bond acceptors (Lipinski definition) is 3. The van der Waals surface area contributed by atoms with Crippen LogP contribution in [0.3, 0.4) is 0 Å². The molecule has 0 aliphatic heterocycles. The number of amides is 2. The molecule has 34 heavy (non-hydrogen) atoms. The van der Waals surface area contributed by atoms with Crippen LogP contribution in [0, 0.1) is 11.8 Å². The third-order valence-corrected chi connectivity index (χ3v) is 6.30. The van der Waals surface area contributed by atoms with Gasteiger partial charge in [-0.3, -0.25) is 9.59 Å². The summed E-state index contributed by atoms with van der Waals surface area (Å²) in [5.74, 6) is 1.82. The van der Waals surface area contributed by atoms with Crippen LogP contribution in [-0.4, -0.2) is 22.3 Å². The number of hydrogen-bond donors (Lipinski definition) is 3. The second kappa shape index (κ2) is 11.5. The van der Waals surface area contributed by atoms with Gasteiger partial charge in [-0.1, -0.05) is 31.2 Å². The van der Waals surface area contributed by atoms with Crippen LogP contribution >= 0.6 is 0 Å². The van der Waals surface area contributed by atoms with Crippen LogP contribution in [0.2, 0.25) is 0 Å². The minimum atomic E-state index is 0.0548. The maximum atomic E-state index is 12.3. The molecule has 0 fully saturated rings. The molecule has 2 aliphatic rings. The molecule has 3 N–H and O–H groups in total. The zero-order valence-corrected chi connectivity index (χ0v) is 19.6. The Kier molecular flexibility index (Phi) is 7.91. The first-order chi connectivity index (χ1) is 16.6. The fraction of sp³-hybridized carbons (Fsp3) is 0.321. The number of rotatable bonds is 5. The number of H-pyrrole nitrogens is 1. The fourth-order valence-electron chi connectivity index (χ4n) is 4.24. The molecule has 1 aromatic heterocycles. The minimum Gasteiger partial charge on any atom is -0.338 e. The van der Waals surface area contributed by atoms with Crippen molar-refractivity contribution in [2.45, 2.75) is 45.4 Å². The highest BCUT2D eigenvalue weighted by atomic mass is 16.2. The first-order valence-electron chi connectivity index (χ1n) is 12.0. The zero-order chi connectivity index (χ0) is 23.8. The van der Waals surface area contributed by atoms with E-state index in [4.69, 9.17) is 0 Å². The second-order valence-corrected chi connectivity index (χ2v) is 9.02. The number of imidazole rings is 1. The van der Waals surface area contributed by atoms with Gasteiger partial charge in [0.25, 0.3) is 0 Å². The Balaban J connectivity index is 0.000000336. The van der Waals surface area contributed by atoms with E-state index in [1.54, 1.807) is 6.07 Å². The zero-order valence-electron chi connectivity index (χ0n) is 19.6. The van der Waals surface area contributed by atoms with Crippen molar-refractivity contribution in [1.29, 1.82) is 0 Å². The first kappa shape index (κ1) is 23.5. The van der Waals surface area contributed by atoms with Crippen molar-refractivity contribution in [2.24, 2.45) is 11.8 Å². The number of aromatic nitrogens is 2. The Morgan fingerprint density at radius 3 is 2.32 bits per heavy atom. The Morgan fingerprint density at radius 1 is 0.971 bits per heavy atom. The van der Waals surface area contributed by atoms with Crippen molar-refractivity contribution in [3.05, 3.63) is 66.8 Å². The molecule has 5 rings (SSSR count). The molecule has 0 radical (unpaired) electrons. The molecule has 1 heterocycles. The third-order valence-electron chi connectivity index (χ3n) is 6.30. The van der Waals surface area contributed by atoms with E-state index in [-0.39, 0.29) is 11.8 Å². The van der Waals surface area contributed by atoms with Crippen LogP contribution < -0.4 is 10.6 Å². The summed E-state index contributed by atoms with van der Waals surface area (Å²) in [5, 5.41) is 5.62. The van der Waals surface area contributed by atoms with Gasteiger partial charge in [0.1, 0.15) is 5.82 Å². The van der Waals surface area contributed by atoms with Crippen LogP contribution in [0.4, 0.5) is 11.4 Å². The number of carbonyl (C=O) groups is 2. The normalized spacial score (nSPS) is 19.2. The van der Waals surface area contributed by atoms with Gasteiger partial charge in [-0.2, -0.15) is 0 Å². The number of allylic oxidation sites excluding steroid dienone is 4. The maximum absolute atomic E-state index is 12.3. The highest BCUT2D eigenvalue weighted by molar-refractivity contribution is 5.93. The van der Waals surface area contributed by atoms with E-state index in [1.807, 2.05) is 36.4 Å². The number of nitrogens with one attached hydrogen (secondary N) is 3. The van der Waals surface area contributed by atoms with Crippen LogP contribution in [0.15, 0.2) is 66.8 Å². The molecule has 0 bridgehead atoms. The predicted molar refractivity (Wildman–Crippen MR) is 138 cm³/mol. The monoisotopic (exact) mass is 456 g/mol. The van der Waals surface area contributed by atoms with Gasteiger partial charge in [0.2, 0.25) is 12.3 Å². The average Bonchev–Trinajstić information content (AvgIpc) is 3.30. The van der Waals surface area contributed by atoms with Gasteiger partial charge in [-0.15, -0.1) is 0 Å². The van der Waals surface area contributed by atoms with E-state index in [1.165, 1.54) is 19.3 Å². The minimum absolute atomic E-state index is 0.0548. The molecular formula is C28H32N4O2. The maximum Gasteiger partial charge on any atom is 0.227 e. The van der Waals surface area contributed by atoms with Gasteiger partial charge < -0.3 is 15.6 Å². The summed E-state index contributed by atoms with van der Waals surface area (Å²) in [7, 11) is 0. The number of nitrogens with zero attached hydrogens (tertiary/aromatic N) is 1. The van der Waals surface area contributed by atoms with E-state index in [0.29, 0.717) is 12.1 Å². The van der Waals surface area contributed by atoms with E-state index in [0.717, 1.165) is 53.3 Å². The second-order valence-electron chi connectivity index (χ2n) is 9.02. The summed E-state index contributed by atoms with van der Waals surface area (Å²) in [5.41, 5.74) is 4.09. The molecule has 0 spiro atoms. The van der Waals surface area contributed by atoms with Gasteiger partial charge in [0, 0.05) is 22.9 Å². The van der Waals surface area contributed by atoms with E-state index < -0.39 is 0 Å². The van der Waals surface area contributed by atoms with Crippen molar-refractivity contribution >= 4 is 34.7 Å². The largest absolute Gasteiger partial charge is 0.338 e. The molecule has 2 aliphatic carbocycles. The highest BCUT2D eigenvalue weighted by Gasteiger charge is 2.18. The van der Waals surface area contributed by atoms with E-state index in [9.17, 15) is 9.59 Å². The molecule has 6 heteroatoms. The molecular weight excluding hydrogens is 424 g/mol. The number of fused-ring (bicyclic) bond motifs is 1. The standard InChI is InChI=1S/C21H20N4O2.C7H12/c26-13-22-17-10-11-18-19(12-17)25-20(24-18)14-6-8-16(9-7-14)23-21(27)15-4-2-1-3-5-15;1-7-5-3-2-4-6-7/h1-2,6-13,15H,3-5H2,(H,22,26)(H,23,27)(H,24,25);2-3,7H,4-6H2,1H3. The number of carbonyl (C=O) groups excluding carboxylic acids is 2. The van der Waals surface area contributed by atoms with Crippen LogP contribution in [0.25, 0.3) is 22.4 Å². The lowest BCUT2D eigenvalue weighted by Gasteiger charge is -2.17. The summed E-state index contributed by atoms with van der Waals surface area (Å²) in [6.07, 6.45) is 16.1. The highest BCUT2D eigenvalue weighted by Crippen LogP contribution is 2.25. The molecule has 2 amide bonds. The molecule has 2 unspecified atom stereocenters. The molecule has 2 atom stereocenters. The summed E-state index contributed by atoms with van der Waals surface area (Å²) in [6, 6.07) is 13.1. The van der Waals surface area contributed by atoms with E-state index >= 15 is 0 Å². The average molecular weight is 457 g/mol. The number of anilines is 2. The van der Waals surface area contributed by atoms with Gasteiger partial charge in [-0.25, -0.2) is 4.98 Å². The fourth-order valence-corrected chi connectivity index (χ4v) is 4.24. The van der Waals surface area contributed by atoms with Crippen molar-refractivity contribution in [3.8, 4) is 11.4 Å². The molecule has 0 saturated heterocycles. The van der Waals surface area contributed by atoms with Crippen molar-refractivity contribution in [1.82, 2.24) is 9.97 Å². The van der Waals surface area contributed by atoms with Crippen molar-refractivity contribution < 1.29 is 9.59 Å². The third kappa shape index (κ3) is 6.22. The van der Waals surface area contributed by atoms with Crippen LogP contribution in [0.5, 0.6) is 0 Å². The Bertz CT molecular complexity index is 1180. The van der Waals surface area contributed by atoms with Gasteiger partial charge in [-0.05, 0) is 86.9 Å². The molecule has 176 valence electrons. The molecule has 3 aromatic rings. The van der Waals surface area contributed by atoms with Crippen molar-refractivity contribution in [2.75, 3.05) is 10.6 Å². The van der Waals surface area contributed by atoms with Crippen molar-refractivity contribution in [3.63, 3.8) is 0 Å². The van der Waals surface area contributed by atoms with E-state index in [2.05, 4.69) is 51.8 Å². The molecule has 2 aromatic carbocycles. The van der Waals surface area contributed by atoms with Gasteiger partial charge in [0.15, 0.2) is 0 Å². The SMILES string of the molecule is CC1CC=CCC1.O=CNc1ccc2nc(-c3ccc(NC(=O)C4CC=CCC4)cc3)[nH]c2c1. The summed E-state index contributed by atoms with van der Waals surface area (Å²) >= 11 is 0. The van der Waals surface area contributed by atoms with Gasteiger partial charge in [0.05, 0.1) is 11.0 Å². The quantitative estimate of drug-likeness (QED) is 0.304. The summed E-state index contributed by atoms with van der Waals surface area (Å²) in [6.45, 7) is 2.31. The number of aromatic amines is 1. The lowest BCUT2D eigenvalue weighted by molar-refractivity contribution is -0.120. The Hall–Kier alpha value is -3.67. The number of benzene rings is 2. The van der Waals surface area contributed by atoms with Crippen LogP contribution in [0.1, 0.15) is 45.4 Å². The molecule has 0 saturated carbocycles.